The van der Waals surface area contributed by atoms with E-state index in [4.69, 9.17) is 9.05 Å². The van der Waals surface area contributed by atoms with E-state index in [-0.39, 0.29) is 18.2 Å². The molecule has 1 aromatic carbocycles. The number of para-hydroxylation sites is 1. The largest absolute Gasteiger partial charge is 0.356 e. The minimum Gasteiger partial charge on any atom is -0.356 e. The smallest absolute Gasteiger partial charge is 0.228 e. The van der Waals surface area contributed by atoms with Gasteiger partial charge >= 0.3 is 0 Å². The van der Waals surface area contributed by atoms with E-state index in [0.29, 0.717) is 41.7 Å². The summed E-state index contributed by atoms with van der Waals surface area (Å²) in [6.07, 6.45) is 7.61. The van der Waals surface area contributed by atoms with Crippen molar-refractivity contribution in [3.63, 3.8) is 0 Å². The molecule has 9 nitrogen and oxygen atoms in total. The first-order valence-corrected chi connectivity index (χ1v) is 9.96. The lowest BCUT2D eigenvalue weighted by molar-refractivity contribution is -0.132. The minimum atomic E-state index is 0.0598. The molecule has 0 saturated carbocycles. The van der Waals surface area contributed by atoms with E-state index in [2.05, 4.69) is 25.3 Å². The fourth-order valence-electron chi connectivity index (χ4n) is 3.88. The highest BCUT2D eigenvalue weighted by Gasteiger charge is 2.26. The zero-order chi connectivity index (χ0) is 20.3. The van der Waals surface area contributed by atoms with Crippen molar-refractivity contribution in [2.75, 3.05) is 13.1 Å². The molecular formula is C21H20N6O3. The van der Waals surface area contributed by atoms with E-state index in [9.17, 15) is 4.79 Å². The SMILES string of the molecule is O=C(Cc1noc2ccccc12)N1CCCC(Cc2nc(-c3cnccn3)no2)C1. The summed E-state index contributed by atoms with van der Waals surface area (Å²) in [6.45, 7) is 1.41. The summed E-state index contributed by atoms with van der Waals surface area (Å²) < 4.78 is 10.7. The van der Waals surface area contributed by atoms with Crippen LogP contribution in [0.3, 0.4) is 0 Å². The molecule has 9 heteroatoms. The van der Waals surface area contributed by atoms with Gasteiger partial charge < -0.3 is 13.9 Å². The van der Waals surface area contributed by atoms with Gasteiger partial charge in [-0.2, -0.15) is 4.98 Å². The van der Waals surface area contributed by atoms with Crippen molar-refractivity contribution >= 4 is 16.9 Å². The molecule has 4 aromatic rings. The van der Waals surface area contributed by atoms with Crippen molar-refractivity contribution in [3.05, 3.63) is 54.4 Å². The van der Waals surface area contributed by atoms with Crippen LogP contribution in [0.15, 0.2) is 51.9 Å². The standard InChI is InChI=1S/C21H20N6O3/c28-20(11-16-15-5-1-2-6-18(15)29-25-16)27-9-3-4-14(13-27)10-19-24-21(26-30-19)17-12-22-7-8-23-17/h1-2,5-8,12,14H,3-4,9-11,13H2. The molecule has 152 valence electrons. The van der Waals surface area contributed by atoms with Gasteiger partial charge in [0.05, 0.1) is 12.6 Å². The van der Waals surface area contributed by atoms with E-state index in [0.717, 1.165) is 24.8 Å². The van der Waals surface area contributed by atoms with Gasteiger partial charge in [-0.05, 0) is 30.9 Å². The first-order chi connectivity index (χ1) is 14.8. The number of fused-ring (bicyclic) bond motifs is 1. The number of carbonyl (C=O) groups is 1. The van der Waals surface area contributed by atoms with Crippen molar-refractivity contribution < 1.29 is 13.8 Å². The highest BCUT2D eigenvalue weighted by atomic mass is 16.5. The van der Waals surface area contributed by atoms with Gasteiger partial charge in [0.25, 0.3) is 0 Å². The molecule has 0 N–H and O–H groups in total. The molecule has 1 atom stereocenters. The number of hydrogen-bond donors (Lipinski definition) is 0. The maximum Gasteiger partial charge on any atom is 0.228 e. The third-order valence-corrected chi connectivity index (χ3v) is 5.37. The lowest BCUT2D eigenvalue weighted by atomic mass is 9.94. The second-order valence-corrected chi connectivity index (χ2v) is 7.46. The zero-order valence-corrected chi connectivity index (χ0v) is 16.3. The highest BCUT2D eigenvalue weighted by molar-refractivity contribution is 5.86. The van der Waals surface area contributed by atoms with Gasteiger partial charge in [0, 0.05) is 37.3 Å². The maximum atomic E-state index is 12.9. The molecule has 1 amide bonds. The monoisotopic (exact) mass is 404 g/mol. The van der Waals surface area contributed by atoms with Gasteiger partial charge in [-0.1, -0.05) is 22.4 Å². The lowest BCUT2D eigenvalue weighted by Crippen LogP contribution is -2.41. The lowest BCUT2D eigenvalue weighted by Gasteiger charge is -2.32. The van der Waals surface area contributed by atoms with E-state index in [1.54, 1.807) is 18.6 Å². The quantitative estimate of drug-likeness (QED) is 0.499. The van der Waals surface area contributed by atoms with Gasteiger partial charge in [-0.15, -0.1) is 0 Å². The fraction of sp³-hybridized carbons (Fsp3) is 0.333. The first-order valence-electron chi connectivity index (χ1n) is 9.96. The average molecular weight is 404 g/mol. The Morgan fingerprint density at radius 1 is 1.17 bits per heavy atom. The number of amides is 1. The Balaban J connectivity index is 1.23. The Bertz CT molecular complexity index is 1160. The summed E-state index contributed by atoms with van der Waals surface area (Å²) >= 11 is 0. The van der Waals surface area contributed by atoms with Crippen LogP contribution in [0, 0.1) is 5.92 Å². The Labute approximate surface area is 172 Å². The van der Waals surface area contributed by atoms with Crippen molar-refractivity contribution in [2.45, 2.75) is 25.7 Å². The minimum absolute atomic E-state index is 0.0598. The van der Waals surface area contributed by atoms with Crippen LogP contribution >= 0.6 is 0 Å². The molecule has 1 saturated heterocycles. The third-order valence-electron chi connectivity index (χ3n) is 5.37. The first kappa shape index (κ1) is 18.4. The number of benzene rings is 1. The topological polar surface area (TPSA) is 111 Å². The van der Waals surface area contributed by atoms with Gasteiger partial charge in [0.15, 0.2) is 5.58 Å². The predicted octanol–water partition coefficient (Wildman–Crippen LogP) is 2.69. The van der Waals surface area contributed by atoms with Crippen LogP contribution < -0.4 is 0 Å². The molecule has 1 aliphatic rings. The van der Waals surface area contributed by atoms with E-state index >= 15 is 0 Å². The molecule has 1 fully saturated rings. The maximum absolute atomic E-state index is 12.9. The van der Waals surface area contributed by atoms with Crippen LogP contribution in [-0.2, 0) is 17.6 Å². The van der Waals surface area contributed by atoms with E-state index in [1.807, 2.05) is 29.2 Å². The fourth-order valence-corrected chi connectivity index (χ4v) is 3.88. The Morgan fingerprint density at radius 3 is 3.00 bits per heavy atom. The number of aromatic nitrogens is 5. The predicted molar refractivity (Wildman–Crippen MR) is 106 cm³/mol. The van der Waals surface area contributed by atoms with Gasteiger partial charge in [-0.25, -0.2) is 4.98 Å². The zero-order valence-electron chi connectivity index (χ0n) is 16.3. The summed E-state index contributed by atoms with van der Waals surface area (Å²) in [5.74, 6) is 1.31. The Hall–Kier alpha value is -3.62. The molecule has 4 heterocycles. The summed E-state index contributed by atoms with van der Waals surface area (Å²) in [6, 6.07) is 7.59. The number of carbonyl (C=O) groups excluding carboxylic acids is 1. The summed E-state index contributed by atoms with van der Waals surface area (Å²) in [4.78, 5) is 27.4. The van der Waals surface area contributed by atoms with Crippen LogP contribution in [0.2, 0.25) is 0 Å². The summed E-state index contributed by atoms with van der Waals surface area (Å²) in [7, 11) is 0. The highest BCUT2D eigenvalue weighted by Crippen LogP contribution is 2.23. The second kappa shape index (κ2) is 8.02. The van der Waals surface area contributed by atoms with E-state index < -0.39 is 0 Å². The normalized spacial score (nSPS) is 16.8. The number of likely N-dealkylation sites (tertiary alicyclic amines) is 1. The van der Waals surface area contributed by atoms with Crippen molar-refractivity contribution in [3.8, 4) is 11.5 Å². The Morgan fingerprint density at radius 2 is 2.10 bits per heavy atom. The second-order valence-electron chi connectivity index (χ2n) is 7.46. The molecule has 0 aliphatic carbocycles. The molecular weight excluding hydrogens is 384 g/mol. The molecule has 30 heavy (non-hydrogen) atoms. The van der Waals surface area contributed by atoms with Crippen LogP contribution in [0.5, 0.6) is 0 Å². The number of piperidine rings is 1. The van der Waals surface area contributed by atoms with E-state index in [1.165, 1.54) is 0 Å². The Kier molecular flexibility index (Phi) is 4.92. The molecule has 3 aromatic heterocycles. The number of nitrogens with zero attached hydrogens (tertiary/aromatic N) is 6. The van der Waals surface area contributed by atoms with Crippen molar-refractivity contribution in [1.29, 1.82) is 0 Å². The van der Waals surface area contributed by atoms with Crippen LogP contribution in [-0.4, -0.2) is 49.2 Å². The molecule has 0 bridgehead atoms. The van der Waals surface area contributed by atoms with Crippen LogP contribution in [0.1, 0.15) is 24.4 Å². The van der Waals surface area contributed by atoms with Crippen molar-refractivity contribution in [2.24, 2.45) is 5.92 Å². The van der Waals surface area contributed by atoms with Crippen LogP contribution in [0.4, 0.5) is 0 Å². The van der Waals surface area contributed by atoms with Crippen molar-refractivity contribution in [1.82, 2.24) is 30.2 Å². The van der Waals surface area contributed by atoms with Crippen LogP contribution in [0.25, 0.3) is 22.5 Å². The average Bonchev–Trinajstić information content (AvgIpc) is 3.42. The summed E-state index contributed by atoms with van der Waals surface area (Å²) in [5.41, 5.74) is 1.96. The molecule has 1 unspecified atom stereocenters. The molecule has 1 aliphatic heterocycles. The third kappa shape index (κ3) is 3.78. The van der Waals surface area contributed by atoms with Gasteiger partial charge in [0.2, 0.25) is 17.6 Å². The molecule has 0 spiro atoms. The van der Waals surface area contributed by atoms with Gasteiger partial charge in [0.1, 0.15) is 11.4 Å². The number of hydrogen-bond acceptors (Lipinski definition) is 8. The number of rotatable bonds is 5. The summed E-state index contributed by atoms with van der Waals surface area (Å²) in [5, 5.41) is 8.97. The molecule has 5 rings (SSSR count). The molecule has 0 radical (unpaired) electrons. The van der Waals surface area contributed by atoms with Gasteiger partial charge in [-0.3, -0.25) is 9.78 Å².